The number of nitrogens with one attached hydrogen (secondary N) is 1. The highest BCUT2D eigenvalue weighted by Crippen LogP contribution is 2.21. The molecule has 0 saturated heterocycles. The summed E-state index contributed by atoms with van der Waals surface area (Å²) in [6.45, 7) is 2.04. The molecular weight excluding hydrogens is 438 g/mol. The Morgan fingerprint density at radius 1 is 0.629 bits per heavy atom. The number of carbonyl (C=O) groups is 1. The maximum atomic E-state index is 10.7. The summed E-state index contributed by atoms with van der Waals surface area (Å²) in [6, 6.07) is 33.9. The Balaban J connectivity index is 1.18. The molecule has 178 valence electrons. The third-order valence-corrected chi connectivity index (χ3v) is 5.54. The van der Waals surface area contributed by atoms with Crippen LogP contribution in [0.25, 0.3) is 0 Å². The average molecular weight is 468 g/mol. The molecule has 0 aliphatic carbocycles. The van der Waals surface area contributed by atoms with Crippen molar-refractivity contribution < 1.29 is 19.4 Å². The highest BCUT2D eigenvalue weighted by Gasteiger charge is 2.02. The van der Waals surface area contributed by atoms with Gasteiger partial charge in [0.25, 0.3) is 0 Å². The standard InChI is InChI=1S/C30H29NO4/c32-30(33)19-14-23-10-15-27(16-11-23)34-22-26-8-6-24(7-9-26)20-31-21-25-12-17-29(18-13-25)35-28-4-2-1-3-5-28/h1-13,15-18,31H,14,19-22H2,(H,32,33). The summed E-state index contributed by atoms with van der Waals surface area (Å²) >= 11 is 0. The van der Waals surface area contributed by atoms with E-state index in [4.69, 9.17) is 14.6 Å². The molecule has 4 aromatic rings. The third kappa shape index (κ3) is 8.02. The summed E-state index contributed by atoms with van der Waals surface area (Å²) in [5.41, 5.74) is 4.50. The molecule has 0 heterocycles. The number of benzene rings is 4. The zero-order valence-electron chi connectivity index (χ0n) is 19.5. The number of hydrogen-bond donors (Lipinski definition) is 2. The topological polar surface area (TPSA) is 67.8 Å². The number of carboxylic acid groups (broad SMARTS) is 1. The number of carboxylic acids is 1. The quantitative estimate of drug-likeness (QED) is 0.254. The minimum atomic E-state index is -0.785. The van der Waals surface area contributed by atoms with Gasteiger partial charge in [-0.25, -0.2) is 0 Å². The number of rotatable bonds is 12. The van der Waals surface area contributed by atoms with Gasteiger partial charge >= 0.3 is 5.97 Å². The first-order chi connectivity index (χ1) is 17.1. The minimum Gasteiger partial charge on any atom is -0.489 e. The minimum absolute atomic E-state index is 0.136. The second-order valence-electron chi connectivity index (χ2n) is 8.31. The van der Waals surface area contributed by atoms with Crippen molar-refractivity contribution in [3.05, 3.63) is 125 Å². The Morgan fingerprint density at radius 3 is 1.77 bits per heavy atom. The molecule has 0 aliphatic rings. The molecule has 0 saturated carbocycles. The molecule has 2 N–H and O–H groups in total. The molecule has 0 spiro atoms. The van der Waals surface area contributed by atoms with Crippen LogP contribution in [0.5, 0.6) is 17.2 Å². The lowest BCUT2D eigenvalue weighted by molar-refractivity contribution is -0.136. The Kier molecular flexibility index (Phi) is 8.52. The van der Waals surface area contributed by atoms with Gasteiger partial charge in [-0.15, -0.1) is 0 Å². The van der Waals surface area contributed by atoms with Gasteiger partial charge in [-0.3, -0.25) is 4.79 Å². The van der Waals surface area contributed by atoms with E-state index < -0.39 is 5.97 Å². The summed E-state index contributed by atoms with van der Waals surface area (Å²) in [6.07, 6.45) is 0.663. The van der Waals surface area contributed by atoms with Gasteiger partial charge in [0.1, 0.15) is 23.9 Å². The van der Waals surface area contributed by atoms with Crippen LogP contribution in [-0.4, -0.2) is 11.1 Å². The van der Waals surface area contributed by atoms with Crippen molar-refractivity contribution in [2.24, 2.45) is 0 Å². The molecule has 0 aromatic heterocycles. The van der Waals surface area contributed by atoms with Crippen molar-refractivity contribution in [2.45, 2.75) is 32.5 Å². The van der Waals surface area contributed by atoms with Gasteiger partial charge in [0.05, 0.1) is 0 Å². The molecule has 4 rings (SSSR count). The first kappa shape index (κ1) is 24.0. The molecule has 5 heteroatoms. The first-order valence-electron chi connectivity index (χ1n) is 11.7. The monoisotopic (exact) mass is 467 g/mol. The van der Waals surface area contributed by atoms with Crippen molar-refractivity contribution in [1.29, 1.82) is 0 Å². The predicted octanol–water partition coefficient (Wildman–Crippen LogP) is 6.36. The Labute approximate surface area is 206 Å². The smallest absolute Gasteiger partial charge is 0.303 e. The van der Waals surface area contributed by atoms with Crippen LogP contribution in [-0.2, 0) is 30.9 Å². The van der Waals surface area contributed by atoms with Crippen molar-refractivity contribution in [3.8, 4) is 17.2 Å². The summed E-state index contributed by atoms with van der Waals surface area (Å²) in [7, 11) is 0. The van der Waals surface area contributed by atoms with Crippen molar-refractivity contribution in [2.75, 3.05) is 0 Å². The zero-order valence-corrected chi connectivity index (χ0v) is 19.5. The number of para-hydroxylation sites is 1. The van der Waals surface area contributed by atoms with E-state index in [0.717, 1.165) is 41.5 Å². The van der Waals surface area contributed by atoms with E-state index in [0.29, 0.717) is 13.0 Å². The number of ether oxygens (including phenoxy) is 2. The van der Waals surface area contributed by atoms with Gasteiger partial charge in [0.2, 0.25) is 0 Å². The summed E-state index contributed by atoms with van der Waals surface area (Å²) < 4.78 is 11.7. The van der Waals surface area contributed by atoms with E-state index >= 15 is 0 Å². The Bertz CT molecular complexity index is 1190. The molecule has 0 radical (unpaired) electrons. The fourth-order valence-electron chi connectivity index (χ4n) is 3.57. The molecule has 35 heavy (non-hydrogen) atoms. The van der Waals surface area contributed by atoms with E-state index in [2.05, 4.69) is 41.7 Å². The van der Waals surface area contributed by atoms with Crippen molar-refractivity contribution in [1.82, 2.24) is 5.32 Å². The van der Waals surface area contributed by atoms with Crippen molar-refractivity contribution in [3.63, 3.8) is 0 Å². The predicted molar refractivity (Wildman–Crippen MR) is 137 cm³/mol. The highest BCUT2D eigenvalue weighted by molar-refractivity contribution is 5.67. The molecule has 5 nitrogen and oxygen atoms in total. The van der Waals surface area contributed by atoms with Crippen molar-refractivity contribution >= 4 is 5.97 Å². The summed E-state index contributed by atoms with van der Waals surface area (Å²) in [5, 5.41) is 12.3. The maximum Gasteiger partial charge on any atom is 0.303 e. The lowest BCUT2D eigenvalue weighted by Crippen LogP contribution is -2.12. The third-order valence-electron chi connectivity index (χ3n) is 5.54. The lowest BCUT2D eigenvalue weighted by Gasteiger charge is -2.09. The van der Waals surface area contributed by atoms with Crippen LogP contribution in [0.15, 0.2) is 103 Å². The molecule has 4 aromatic carbocycles. The van der Waals surface area contributed by atoms with Gasteiger partial charge in [-0.1, -0.05) is 66.7 Å². The fourth-order valence-corrected chi connectivity index (χ4v) is 3.57. The van der Waals surface area contributed by atoms with E-state index in [1.165, 1.54) is 11.1 Å². The molecule has 0 unspecified atom stereocenters. The number of hydrogen-bond acceptors (Lipinski definition) is 4. The normalized spacial score (nSPS) is 10.6. The van der Waals surface area contributed by atoms with Crippen LogP contribution in [0.2, 0.25) is 0 Å². The first-order valence-corrected chi connectivity index (χ1v) is 11.7. The van der Waals surface area contributed by atoms with Gasteiger partial charge in [0.15, 0.2) is 0 Å². The fraction of sp³-hybridized carbons (Fsp3) is 0.167. The van der Waals surface area contributed by atoms with E-state index in [-0.39, 0.29) is 6.42 Å². The van der Waals surface area contributed by atoms with E-state index in [1.807, 2.05) is 66.7 Å². The van der Waals surface area contributed by atoms with Gasteiger partial charge < -0.3 is 19.9 Å². The van der Waals surface area contributed by atoms with Gasteiger partial charge in [-0.2, -0.15) is 0 Å². The molecule has 0 aliphatic heterocycles. The second kappa shape index (κ2) is 12.4. The largest absolute Gasteiger partial charge is 0.489 e. The van der Waals surface area contributed by atoms with Gasteiger partial charge in [-0.05, 0) is 65.1 Å². The Morgan fingerprint density at radius 2 is 1.14 bits per heavy atom. The van der Waals surface area contributed by atoms with E-state index in [1.54, 1.807) is 0 Å². The van der Waals surface area contributed by atoms with Crippen LogP contribution in [0.4, 0.5) is 0 Å². The summed E-state index contributed by atoms with van der Waals surface area (Å²) in [5.74, 6) is 1.65. The second-order valence-corrected chi connectivity index (χ2v) is 8.31. The molecule has 0 fully saturated rings. The summed E-state index contributed by atoms with van der Waals surface area (Å²) in [4.78, 5) is 10.7. The van der Waals surface area contributed by atoms with Gasteiger partial charge in [0, 0.05) is 19.5 Å². The van der Waals surface area contributed by atoms with E-state index in [9.17, 15) is 4.79 Å². The Hall–Kier alpha value is -4.09. The van der Waals surface area contributed by atoms with Crippen LogP contribution in [0.3, 0.4) is 0 Å². The average Bonchev–Trinajstić information content (AvgIpc) is 2.89. The van der Waals surface area contributed by atoms with Crippen LogP contribution < -0.4 is 14.8 Å². The van der Waals surface area contributed by atoms with Crippen LogP contribution in [0.1, 0.15) is 28.7 Å². The van der Waals surface area contributed by atoms with Crippen LogP contribution >= 0.6 is 0 Å². The number of aryl methyl sites for hydroxylation is 1. The lowest BCUT2D eigenvalue weighted by atomic mass is 10.1. The highest BCUT2D eigenvalue weighted by atomic mass is 16.5. The molecule has 0 atom stereocenters. The molecule has 0 amide bonds. The zero-order chi connectivity index (χ0) is 24.3. The maximum absolute atomic E-state index is 10.7. The number of aliphatic carboxylic acids is 1. The van der Waals surface area contributed by atoms with Crippen LogP contribution in [0, 0.1) is 0 Å². The SMILES string of the molecule is O=C(O)CCc1ccc(OCc2ccc(CNCc3ccc(Oc4ccccc4)cc3)cc2)cc1. The molecular formula is C30H29NO4. The molecule has 0 bridgehead atoms.